The maximum atomic E-state index is 12.7. The number of carbonyl (C=O) groups is 1. The van der Waals surface area contributed by atoms with Gasteiger partial charge in [0, 0.05) is 58.3 Å². The number of piperazine rings is 1. The van der Waals surface area contributed by atoms with Gasteiger partial charge >= 0.3 is 0 Å². The first-order chi connectivity index (χ1) is 14.2. The molecule has 2 aliphatic heterocycles. The fraction of sp³-hybridized carbons (Fsp3) is 0.652. The normalized spacial score (nSPS) is 23.5. The highest BCUT2D eigenvalue weighted by Gasteiger charge is 2.31. The Hall–Kier alpha value is -2.08. The van der Waals surface area contributed by atoms with Crippen LogP contribution in [0, 0.1) is 0 Å². The molecule has 2 fully saturated rings. The molecule has 1 aromatic rings. The van der Waals surface area contributed by atoms with Crippen molar-refractivity contribution in [2.75, 3.05) is 52.4 Å². The zero-order chi connectivity index (χ0) is 20.2. The van der Waals surface area contributed by atoms with Crippen molar-refractivity contribution in [3.05, 3.63) is 35.4 Å². The number of likely N-dealkylation sites (tertiary alicyclic amines) is 1. The first-order valence-corrected chi connectivity index (χ1v) is 11.3. The van der Waals surface area contributed by atoms with Gasteiger partial charge in [-0.1, -0.05) is 24.3 Å². The van der Waals surface area contributed by atoms with Gasteiger partial charge in [0.1, 0.15) is 0 Å². The second-order valence-corrected chi connectivity index (χ2v) is 8.53. The molecule has 2 unspecified atom stereocenters. The summed E-state index contributed by atoms with van der Waals surface area (Å²) in [5.74, 6) is 1.88. The summed E-state index contributed by atoms with van der Waals surface area (Å²) < 4.78 is 0. The Balaban J connectivity index is 1.31. The minimum atomic E-state index is -0.0127. The number of guanidine groups is 1. The van der Waals surface area contributed by atoms with Crippen molar-refractivity contribution in [1.29, 1.82) is 0 Å². The van der Waals surface area contributed by atoms with E-state index in [0.717, 1.165) is 77.6 Å². The molecule has 2 atom stereocenters. The third kappa shape index (κ3) is 4.42. The predicted molar refractivity (Wildman–Crippen MR) is 117 cm³/mol. The standard InChI is InChI=1S/C23H35N5O/c1-3-24-23(25-17-20-16-19-8-4-5-9-21(19)20)28-14-12-26(13-15-28)18(2)22(29)27-10-6-7-11-27/h4-5,8-9,18,20H,3,6-7,10-17H2,1-2H3,(H,24,25). The van der Waals surface area contributed by atoms with Crippen LogP contribution in [0.4, 0.5) is 0 Å². The fourth-order valence-corrected chi connectivity index (χ4v) is 4.83. The van der Waals surface area contributed by atoms with Crippen LogP contribution in [-0.4, -0.2) is 85.0 Å². The molecule has 2 heterocycles. The molecule has 1 aliphatic carbocycles. The van der Waals surface area contributed by atoms with Crippen molar-refractivity contribution >= 4 is 11.9 Å². The first kappa shape index (κ1) is 20.2. The maximum absolute atomic E-state index is 12.7. The summed E-state index contributed by atoms with van der Waals surface area (Å²) in [6, 6.07) is 8.70. The van der Waals surface area contributed by atoms with Crippen molar-refractivity contribution < 1.29 is 4.79 Å². The molecule has 0 aromatic heterocycles. The molecular weight excluding hydrogens is 362 g/mol. The quantitative estimate of drug-likeness (QED) is 0.609. The van der Waals surface area contributed by atoms with Crippen LogP contribution in [0.2, 0.25) is 0 Å². The van der Waals surface area contributed by atoms with E-state index < -0.39 is 0 Å². The molecule has 0 spiro atoms. The number of carbonyl (C=O) groups excluding carboxylic acids is 1. The highest BCUT2D eigenvalue weighted by atomic mass is 16.2. The van der Waals surface area contributed by atoms with Gasteiger partial charge in [0.15, 0.2) is 5.96 Å². The zero-order valence-corrected chi connectivity index (χ0v) is 17.9. The molecule has 6 nitrogen and oxygen atoms in total. The summed E-state index contributed by atoms with van der Waals surface area (Å²) >= 11 is 0. The second kappa shape index (κ2) is 9.16. The van der Waals surface area contributed by atoms with E-state index in [0.29, 0.717) is 11.8 Å². The zero-order valence-electron chi connectivity index (χ0n) is 17.9. The topological polar surface area (TPSA) is 51.2 Å². The Morgan fingerprint density at radius 1 is 1.10 bits per heavy atom. The number of hydrogen-bond donors (Lipinski definition) is 1. The first-order valence-electron chi connectivity index (χ1n) is 11.3. The van der Waals surface area contributed by atoms with Crippen LogP contribution in [-0.2, 0) is 11.2 Å². The number of aliphatic imine (C=N–C) groups is 1. The van der Waals surface area contributed by atoms with Crippen LogP contribution in [0.1, 0.15) is 43.7 Å². The summed E-state index contributed by atoms with van der Waals surface area (Å²) in [7, 11) is 0. The van der Waals surface area contributed by atoms with Crippen molar-refractivity contribution in [2.45, 2.75) is 45.1 Å². The van der Waals surface area contributed by atoms with Gasteiger partial charge in [-0.3, -0.25) is 14.7 Å². The lowest BCUT2D eigenvalue weighted by Crippen LogP contribution is -2.57. The maximum Gasteiger partial charge on any atom is 0.239 e. The molecular formula is C23H35N5O. The molecule has 1 N–H and O–H groups in total. The molecule has 4 rings (SSSR count). The summed E-state index contributed by atoms with van der Waals surface area (Å²) in [4.78, 5) is 24.4. The van der Waals surface area contributed by atoms with Crippen LogP contribution in [0.3, 0.4) is 0 Å². The molecule has 1 aromatic carbocycles. The fourth-order valence-electron chi connectivity index (χ4n) is 4.83. The van der Waals surface area contributed by atoms with E-state index in [4.69, 9.17) is 4.99 Å². The third-order valence-electron chi connectivity index (χ3n) is 6.69. The van der Waals surface area contributed by atoms with E-state index in [2.05, 4.69) is 53.2 Å². The highest BCUT2D eigenvalue weighted by molar-refractivity contribution is 5.82. The van der Waals surface area contributed by atoms with Gasteiger partial charge in [-0.15, -0.1) is 0 Å². The lowest BCUT2D eigenvalue weighted by molar-refractivity contribution is -0.135. The predicted octanol–water partition coefficient (Wildman–Crippen LogP) is 1.92. The molecule has 0 radical (unpaired) electrons. The van der Waals surface area contributed by atoms with Crippen molar-refractivity contribution in [3.8, 4) is 0 Å². The molecule has 1 amide bonds. The number of benzene rings is 1. The van der Waals surface area contributed by atoms with Crippen LogP contribution >= 0.6 is 0 Å². The smallest absolute Gasteiger partial charge is 0.239 e. The lowest BCUT2D eigenvalue weighted by Gasteiger charge is -2.40. The molecule has 158 valence electrons. The minimum Gasteiger partial charge on any atom is -0.357 e. The number of nitrogens with one attached hydrogen (secondary N) is 1. The van der Waals surface area contributed by atoms with Crippen LogP contribution in [0.15, 0.2) is 29.3 Å². The Morgan fingerprint density at radius 2 is 1.83 bits per heavy atom. The van der Waals surface area contributed by atoms with E-state index in [1.54, 1.807) is 0 Å². The van der Waals surface area contributed by atoms with Gasteiger partial charge in [-0.2, -0.15) is 0 Å². The average Bonchev–Trinajstić information content (AvgIpc) is 3.27. The Bertz CT molecular complexity index is 735. The summed E-state index contributed by atoms with van der Waals surface area (Å²) in [5.41, 5.74) is 2.94. The van der Waals surface area contributed by atoms with Gasteiger partial charge < -0.3 is 15.1 Å². The molecule has 0 saturated carbocycles. The van der Waals surface area contributed by atoms with E-state index in [9.17, 15) is 4.79 Å². The average molecular weight is 398 g/mol. The van der Waals surface area contributed by atoms with Gasteiger partial charge in [0.25, 0.3) is 0 Å². The Kier molecular flexibility index (Phi) is 6.38. The van der Waals surface area contributed by atoms with E-state index in [1.165, 1.54) is 11.1 Å². The lowest BCUT2D eigenvalue weighted by atomic mass is 9.78. The number of amides is 1. The van der Waals surface area contributed by atoms with Gasteiger partial charge in [0.05, 0.1) is 6.04 Å². The largest absolute Gasteiger partial charge is 0.357 e. The van der Waals surface area contributed by atoms with Crippen molar-refractivity contribution in [3.63, 3.8) is 0 Å². The number of rotatable bonds is 5. The molecule has 3 aliphatic rings. The summed E-state index contributed by atoms with van der Waals surface area (Å²) in [6.45, 7) is 11.5. The Labute approximate surface area is 175 Å². The molecule has 6 heteroatoms. The Morgan fingerprint density at radius 3 is 2.52 bits per heavy atom. The van der Waals surface area contributed by atoms with E-state index in [-0.39, 0.29) is 6.04 Å². The van der Waals surface area contributed by atoms with Crippen molar-refractivity contribution in [2.24, 2.45) is 4.99 Å². The van der Waals surface area contributed by atoms with E-state index in [1.807, 2.05) is 4.90 Å². The summed E-state index contributed by atoms with van der Waals surface area (Å²) in [6.07, 6.45) is 3.45. The van der Waals surface area contributed by atoms with E-state index >= 15 is 0 Å². The number of nitrogens with zero attached hydrogens (tertiary/aromatic N) is 4. The van der Waals surface area contributed by atoms with Gasteiger partial charge in [0.2, 0.25) is 5.91 Å². The van der Waals surface area contributed by atoms with Gasteiger partial charge in [-0.25, -0.2) is 0 Å². The third-order valence-corrected chi connectivity index (χ3v) is 6.69. The monoisotopic (exact) mass is 397 g/mol. The SMILES string of the molecule is CCNC(=NCC1Cc2ccccc21)N1CCN(C(C)C(=O)N2CCCC2)CC1. The number of hydrogen-bond acceptors (Lipinski definition) is 3. The van der Waals surface area contributed by atoms with Crippen LogP contribution in [0.25, 0.3) is 0 Å². The van der Waals surface area contributed by atoms with Crippen LogP contribution in [0.5, 0.6) is 0 Å². The highest BCUT2D eigenvalue weighted by Crippen LogP contribution is 2.34. The van der Waals surface area contributed by atoms with Gasteiger partial charge in [-0.05, 0) is 44.2 Å². The molecule has 29 heavy (non-hydrogen) atoms. The second-order valence-electron chi connectivity index (χ2n) is 8.53. The summed E-state index contributed by atoms with van der Waals surface area (Å²) in [5, 5.41) is 3.47. The molecule has 2 saturated heterocycles. The minimum absolute atomic E-state index is 0.0127. The van der Waals surface area contributed by atoms with Crippen LogP contribution < -0.4 is 5.32 Å². The van der Waals surface area contributed by atoms with Crippen molar-refractivity contribution in [1.82, 2.24) is 20.0 Å². The molecule has 0 bridgehead atoms. The number of fused-ring (bicyclic) bond motifs is 1.